The smallest absolute Gasteiger partial charge is 0.0351 e. The molecule has 0 spiro atoms. The lowest BCUT2D eigenvalue weighted by molar-refractivity contribution is 0.553. The molecule has 0 heterocycles. The second-order valence-electron chi connectivity index (χ2n) is 5.64. The van der Waals surface area contributed by atoms with Gasteiger partial charge in [0.25, 0.3) is 0 Å². The third-order valence-electron chi connectivity index (χ3n) is 3.66. The number of allylic oxidation sites excluding steroid dienone is 2. The minimum Gasteiger partial charge on any atom is -0.0885 e. The summed E-state index contributed by atoms with van der Waals surface area (Å²) < 4.78 is 0. The van der Waals surface area contributed by atoms with Crippen molar-refractivity contribution in [3.63, 3.8) is 0 Å². The van der Waals surface area contributed by atoms with Crippen molar-refractivity contribution in [2.45, 2.75) is 96.3 Å². The van der Waals surface area contributed by atoms with Crippen LogP contribution in [0.25, 0.3) is 0 Å². The van der Waals surface area contributed by atoms with Crippen molar-refractivity contribution < 1.29 is 0 Å². The Kier molecular flexibility index (Phi) is 17.5. The Morgan fingerprint density at radius 3 is 1.26 bits per heavy atom. The highest BCUT2D eigenvalue weighted by Crippen LogP contribution is 2.12. The van der Waals surface area contributed by atoms with E-state index < -0.39 is 0 Å². The maximum atomic E-state index is 3.88. The van der Waals surface area contributed by atoms with Crippen LogP contribution in [0, 0.1) is 13.8 Å². The molecule has 0 rings (SSSR count). The lowest BCUT2D eigenvalue weighted by Crippen LogP contribution is -1.82. The molecule has 0 atom stereocenters. The summed E-state index contributed by atoms with van der Waals surface area (Å²) in [6.07, 6.45) is 24.8. The van der Waals surface area contributed by atoms with E-state index in [4.69, 9.17) is 0 Å². The average Bonchev–Trinajstić information content (AvgIpc) is 2.43. The summed E-state index contributed by atoms with van der Waals surface area (Å²) in [7, 11) is 0. The van der Waals surface area contributed by atoms with Gasteiger partial charge < -0.3 is 0 Å². The van der Waals surface area contributed by atoms with Gasteiger partial charge in [0.05, 0.1) is 0 Å². The van der Waals surface area contributed by atoms with Gasteiger partial charge in [-0.05, 0) is 25.7 Å². The van der Waals surface area contributed by atoms with Crippen LogP contribution in [0.15, 0.2) is 12.2 Å². The Morgan fingerprint density at radius 2 is 0.789 bits per heavy atom. The van der Waals surface area contributed by atoms with Crippen LogP contribution in [0.1, 0.15) is 96.3 Å². The van der Waals surface area contributed by atoms with Crippen molar-refractivity contribution in [1.82, 2.24) is 0 Å². The predicted molar refractivity (Wildman–Crippen MR) is 89.1 cm³/mol. The van der Waals surface area contributed by atoms with E-state index >= 15 is 0 Å². The maximum Gasteiger partial charge on any atom is -0.0351 e. The highest BCUT2D eigenvalue weighted by Gasteiger charge is 1.92. The van der Waals surface area contributed by atoms with E-state index in [0.29, 0.717) is 0 Å². The molecule has 0 aliphatic carbocycles. The van der Waals surface area contributed by atoms with Gasteiger partial charge in [0.2, 0.25) is 0 Å². The van der Waals surface area contributed by atoms with Crippen LogP contribution < -0.4 is 0 Å². The van der Waals surface area contributed by atoms with E-state index in [0.717, 1.165) is 12.8 Å². The van der Waals surface area contributed by atoms with Crippen molar-refractivity contribution in [3.05, 3.63) is 26.0 Å². The molecule has 2 radical (unpaired) electrons. The second-order valence-corrected chi connectivity index (χ2v) is 5.64. The summed E-state index contributed by atoms with van der Waals surface area (Å²) in [5.74, 6) is 0. The van der Waals surface area contributed by atoms with E-state index in [1.807, 2.05) is 0 Å². The molecule has 0 aliphatic rings. The van der Waals surface area contributed by atoms with Crippen LogP contribution in [0.4, 0.5) is 0 Å². The van der Waals surface area contributed by atoms with E-state index in [-0.39, 0.29) is 0 Å². The molecular weight excluding hydrogens is 228 g/mol. The fourth-order valence-electron chi connectivity index (χ4n) is 2.35. The standard InChI is InChI=1S/C19H36/c1-3-5-7-9-11-13-15-17-19-18-16-14-12-10-8-6-4-2/h9,11H,1-8,10,12-19H2. The molecule has 0 saturated carbocycles. The first kappa shape index (κ1) is 18.7. The molecule has 0 N–H and O–H groups in total. The third kappa shape index (κ3) is 17.7. The molecule has 0 unspecified atom stereocenters. The van der Waals surface area contributed by atoms with Crippen molar-refractivity contribution in [1.29, 1.82) is 0 Å². The molecule has 0 saturated heterocycles. The number of unbranched alkanes of at least 4 members (excludes halogenated alkanes) is 13. The molecule has 0 nitrogen and oxygen atoms in total. The molecule has 0 heteroatoms. The first-order valence-electron chi connectivity index (χ1n) is 8.65. The zero-order valence-electron chi connectivity index (χ0n) is 13.2. The Morgan fingerprint density at radius 1 is 0.421 bits per heavy atom. The maximum absolute atomic E-state index is 3.88. The molecule has 0 bridgehead atoms. The zero-order chi connectivity index (χ0) is 14.0. The third-order valence-corrected chi connectivity index (χ3v) is 3.66. The van der Waals surface area contributed by atoms with Crippen LogP contribution in [-0.2, 0) is 0 Å². The van der Waals surface area contributed by atoms with Crippen LogP contribution >= 0.6 is 0 Å². The van der Waals surface area contributed by atoms with Gasteiger partial charge in [0.15, 0.2) is 0 Å². The summed E-state index contributed by atoms with van der Waals surface area (Å²) in [4.78, 5) is 0. The van der Waals surface area contributed by atoms with Crippen LogP contribution in [0.2, 0.25) is 0 Å². The summed E-state index contributed by atoms with van der Waals surface area (Å²) in [6.45, 7) is 7.73. The van der Waals surface area contributed by atoms with Crippen molar-refractivity contribution in [2.24, 2.45) is 0 Å². The monoisotopic (exact) mass is 264 g/mol. The topological polar surface area (TPSA) is 0 Å². The summed E-state index contributed by atoms with van der Waals surface area (Å²) in [6, 6.07) is 0. The first-order chi connectivity index (χ1) is 9.41. The summed E-state index contributed by atoms with van der Waals surface area (Å²) >= 11 is 0. The Bertz CT molecular complexity index is 169. The molecule has 0 aromatic rings. The molecule has 112 valence electrons. The quantitative estimate of drug-likeness (QED) is 0.219. The Hall–Kier alpha value is -0.260. The second kappa shape index (κ2) is 17.7. The van der Waals surface area contributed by atoms with Gasteiger partial charge in [-0.15, -0.1) is 0 Å². The SMILES string of the molecule is [CH2]CCCC=CCCCCCCCCCCCC[CH2]. The largest absolute Gasteiger partial charge is 0.0885 e. The first-order valence-corrected chi connectivity index (χ1v) is 8.65. The van der Waals surface area contributed by atoms with Gasteiger partial charge in [-0.3, -0.25) is 0 Å². The van der Waals surface area contributed by atoms with Gasteiger partial charge in [0, 0.05) is 0 Å². The minimum absolute atomic E-state index is 1.07. The molecule has 19 heavy (non-hydrogen) atoms. The van der Waals surface area contributed by atoms with Gasteiger partial charge in [-0.25, -0.2) is 0 Å². The molecule has 0 aromatic carbocycles. The summed E-state index contributed by atoms with van der Waals surface area (Å²) in [5.41, 5.74) is 0. The fourth-order valence-corrected chi connectivity index (χ4v) is 2.35. The van der Waals surface area contributed by atoms with Gasteiger partial charge in [-0.1, -0.05) is 96.6 Å². The molecule has 0 aromatic heterocycles. The van der Waals surface area contributed by atoms with Crippen LogP contribution in [0.3, 0.4) is 0 Å². The Labute approximate surface area is 123 Å². The number of hydrogen-bond acceptors (Lipinski definition) is 0. The van der Waals surface area contributed by atoms with E-state index in [1.165, 1.54) is 83.5 Å². The molecule has 0 fully saturated rings. The minimum atomic E-state index is 1.07. The molecule has 0 aliphatic heterocycles. The highest BCUT2D eigenvalue weighted by atomic mass is 14.0. The van der Waals surface area contributed by atoms with Crippen molar-refractivity contribution >= 4 is 0 Å². The van der Waals surface area contributed by atoms with E-state index in [9.17, 15) is 0 Å². The average molecular weight is 264 g/mol. The van der Waals surface area contributed by atoms with Gasteiger partial charge in [-0.2, -0.15) is 0 Å². The normalized spacial score (nSPS) is 11.5. The van der Waals surface area contributed by atoms with Gasteiger partial charge >= 0.3 is 0 Å². The van der Waals surface area contributed by atoms with Crippen LogP contribution in [0.5, 0.6) is 0 Å². The predicted octanol–water partition coefficient (Wildman–Crippen LogP) is 7.06. The zero-order valence-corrected chi connectivity index (χ0v) is 13.2. The van der Waals surface area contributed by atoms with Crippen molar-refractivity contribution in [2.75, 3.05) is 0 Å². The molecular formula is C19H36. The number of hydrogen-bond donors (Lipinski definition) is 0. The van der Waals surface area contributed by atoms with E-state index in [1.54, 1.807) is 0 Å². The Balaban J connectivity index is 2.97. The number of rotatable bonds is 15. The lowest BCUT2D eigenvalue weighted by Gasteiger charge is -2.01. The van der Waals surface area contributed by atoms with E-state index in [2.05, 4.69) is 26.0 Å². The molecule has 0 amide bonds. The van der Waals surface area contributed by atoms with Crippen LogP contribution in [-0.4, -0.2) is 0 Å². The highest BCUT2D eigenvalue weighted by molar-refractivity contribution is 4.81. The summed E-state index contributed by atoms with van der Waals surface area (Å²) in [5, 5.41) is 0. The van der Waals surface area contributed by atoms with Crippen molar-refractivity contribution in [3.8, 4) is 0 Å². The van der Waals surface area contributed by atoms with Gasteiger partial charge in [0.1, 0.15) is 0 Å². The fraction of sp³-hybridized carbons (Fsp3) is 0.789. The lowest BCUT2D eigenvalue weighted by atomic mass is 10.1.